The van der Waals surface area contributed by atoms with Crippen LogP contribution in [0.1, 0.15) is 0 Å². The number of hydrogen-bond acceptors (Lipinski definition) is 3. The number of likely N-dealkylation sites (N-methyl/N-ethyl adjacent to an activating group) is 1. The van der Waals surface area contributed by atoms with Crippen molar-refractivity contribution in [3.63, 3.8) is 0 Å². The fourth-order valence-corrected chi connectivity index (χ4v) is 2.10. The van der Waals surface area contributed by atoms with Crippen LogP contribution in [0.4, 0.5) is 10.1 Å². The molecule has 1 unspecified atom stereocenters. The fourth-order valence-electron chi connectivity index (χ4n) is 2.10. The summed E-state index contributed by atoms with van der Waals surface area (Å²) in [5, 5.41) is 0. The number of piperazine rings is 1. The number of anilines is 1. The highest BCUT2D eigenvalue weighted by atomic mass is 19.1. The lowest BCUT2D eigenvalue weighted by Crippen LogP contribution is -2.58. The van der Waals surface area contributed by atoms with Crippen molar-refractivity contribution in [2.75, 3.05) is 31.6 Å². The molecule has 0 spiro atoms. The van der Waals surface area contributed by atoms with E-state index in [0.717, 1.165) is 0 Å². The lowest BCUT2D eigenvalue weighted by molar-refractivity contribution is -0.132. The molecule has 1 aromatic rings. The quantitative estimate of drug-likeness (QED) is 0.811. The first kappa shape index (κ1) is 11.9. The van der Waals surface area contributed by atoms with Crippen LogP contribution in [0.2, 0.25) is 0 Å². The molecule has 0 bridgehead atoms. The minimum Gasteiger partial charge on any atom is -0.357 e. The number of hydrogen-bond donors (Lipinski definition) is 1. The Balaban J connectivity index is 2.28. The first-order valence-corrected chi connectivity index (χ1v) is 5.60. The first-order valence-electron chi connectivity index (χ1n) is 5.60. The summed E-state index contributed by atoms with van der Waals surface area (Å²) in [4.78, 5) is 15.5. The Hall–Kier alpha value is -1.62. The third kappa shape index (κ3) is 2.24. The van der Waals surface area contributed by atoms with Gasteiger partial charge in [-0.25, -0.2) is 4.39 Å². The van der Waals surface area contributed by atoms with E-state index in [1.54, 1.807) is 24.1 Å². The zero-order valence-corrected chi connectivity index (χ0v) is 9.77. The van der Waals surface area contributed by atoms with Crippen LogP contribution in [0.15, 0.2) is 24.3 Å². The van der Waals surface area contributed by atoms with Crippen LogP contribution in [0.3, 0.4) is 0 Å². The Morgan fingerprint density at radius 3 is 2.88 bits per heavy atom. The van der Waals surface area contributed by atoms with E-state index >= 15 is 0 Å². The van der Waals surface area contributed by atoms with E-state index in [4.69, 9.17) is 5.73 Å². The summed E-state index contributed by atoms with van der Waals surface area (Å²) >= 11 is 0. The summed E-state index contributed by atoms with van der Waals surface area (Å²) in [6, 6.07) is 5.86. The van der Waals surface area contributed by atoms with Gasteiger partial charge in [0.25, 0.3) is 0 Å². The lowest BCUT2D eigenvalue weighted by Gasteiger charge is -2.40. The van der Waals surface area contributed by atoms with E-state index in [0.29, 0.717) is 18.8 Å². The van der Waals surface area contributed by atoms with Crippen LogP contribution in [0.25, 0.3) is 0 Å². The van der Waals surface area contributed by atoms with E-state index < -0.39 is 6.04 Å². The largest absolute Gasteiger partial charge is 0.357 e. The second kappa shape index (κ2) is 4.71. The van der Waals surface area contributed by atoms with Gasteiger partial charge in [0.05, 0.1) is 0 Å². The minimum atomic E-state index is -0.393. The Morgan fingerprint density at radius 2 is 2.24 bits per heavy atom. The van der Waals surface area contributed by atoms with Crippen molar-refractivity contribution >= 4 is 11.6 Å². The van der Waals surface area contributed by atoms with Gasteiger partial charge < -0.3 is 15.5 Å². The van der Waals surface area contributed by atoms with Crippen LogP contribution < -0.4 is 10.6 Å². The molecule has 1 aliphatic heterocycles. The highest BCUT2D eigenvalue weighted by Gasteiger charge is 2.32. The number of nitrogens with two attached hydrogens (primary N) is 1. The summed E-state index contributed by atoms with van der Waals surface area (Å²) < 4.78 is 13.2. The first-order chi connectivity index (χ1) is 8.13. The summed E-state index contributed by atoms with van der Waals surface area (Å²) in [6.45, 7) is 1.54. The highest BCUT2D eigenvalue weighted by Crippen LogP contribution is 2.21. The third-order valence-electron chi connectivity index (χ3n) is 3.08. The van der Waals surface area contributed by atoms with Crippen LogP contribution in [0.5, 0.6) is 0 Å². The van der Waals surface area contributed by atoms with Gasteiger partial charge in [-0.15, -0.1) is 0 Å². The van der Waals surface area contributed by atoms with Crippen LogP contribution in [-0.4, -0.2) is 43.5 Å². The molecule has 1 saturated heterocycles. The maximum absolute atomic E-state index is 13.2. The van der Waals surface area contributed by atoms with Gasteiger partial charge in [0.15, 0.2) is 0 Å². The maximum Gasteiger partial charge on any atom is 0.246 e. The van der Waals surface area contributed by atoms with E-state index in [2.05, 4.69) is 0 Å². The summed E-state index contributed by atoms with van der Waals surface area (Å²) in [5.74, 6) is -0.312. The molecule has 1 heterocycles. The molecule has 0 aliphatic carbocycles. The Labute approximate surface area is 99.8 Å². The average Bonchev–Trinajstić information content (AvgIpc) is 2.32. The minimum absolute atomic E-state index is 0.0111. The van der Waals surface area contributed by atoms with Gasteiger partial charge in [0, 0.05) is 32.4 Å². The van der Waals surface area contributed by atoms with Crippen molar-refractivity contribution < 1.29 is 9.18 Å². The zero-order chi connectivity index (χ0) is 12.4. The molecule has 1 aliphatic rings. The topological polar surface area (TPSA) is 49.6 Å². The third-order valence-corrected chi connectivity index (χ3v) is 3.08. The highest BCUT2D eigenvalue weighted by molar-refractivity contribution is 5.86. The SMILES string of the molecule is CN1CCN(c2cccc(F)c2)C(CN)C1=O. The number of benzene rings is 1. The predicted molar refractivity (Wildman–Crippen MR) is 64.2 cm³/mol. The molecule has 0 aromatic heterocycles. The molecule has 5 heteroatoms. The van der Waals surface area contributed by atoms with Gasteiger partial charge in [0.1, 0.15) is 11.9 Å². The number of rotatable bonds is 2. The molecule has 1 atom stereocenters. The molecule has 1 amide bonds. The van der Waals surface area contributed by atoms with Crippen molar-refractivity contribution in [1.29, 1.82) is 0 Å². The van der Waals surface area contributed by atoms with Crippen molar-refractivity contribution in [3.8, 4) is 0 Å². The van der Waals surface area contributed by atoms with Gasteiger partial charge in [0.2, 0.25) is 5.91 Å². The number of carbonyl (C=O) groups is 1. The molecule has 2 rings (SSSR count). The van der Waals surface area contributed by atoms with Gasteiger partial charge in [-0.3, -0.25) is 4.79 Å². The summed E-state index contributed by atoms with van der Waals surface area (Å²) in [6.07, 6.45) is 0. The van der Waals surface area contributed by atoms with Crippen molar-refractivity contribution in [1.82, 2.24) is 4.90 Å². The van der Waals surface area contributed by atoms with Crippen molar-refractivity contribution in [2.24, 2.45) is 5.73 Å². The van der Waals surface area contributed by atoms with Gasteiger partial charge >= 0.3 is 0 Å². The summed E-state index contributed by atoms with van der Waals surface area (Å²) in [7, 11) is 1.76. The number of amides is 1. The van der Waals surface area contributed by atoms with E-state index in [1.165, 1.54) is 12.1 Å². The van der Waals surface area contributed by atoms with E-state index in [-0.39, 0.29) is 18.3 Å². The molecular weight excluding hydrogens is 221 g/mol. The van der Waals surface area contributed by atoms with Gasteiger partial charge in [-0.2, -0.15) is 0 Å². The Bertz CT molecular complexity index is 424. The van der Waals surface area contributed by atoms with Gasteiger partial charge in [-0.05, 0) is 18.2 Å². The lowest BCUT2D eigenvalue weighted by atomic mass is 10.1. The van der Waals surface area contributed by atoms with E-state index in [9.17, 15) is 9.18 Å². The molecule has 0 saturated carbocycles. The maximum atomic E-state index is 13.2. The molecular formula is C12H16FN3O. The second-order valence-electron chi connectivity index (χ2n) is 4.18. The van der Waals surface area contributed by atoms with Crippen molar-refractivity contribution in [3.05, 3.63) is 30.1 Å². The number of halogens is 1. The molecule has 92 valence electrons. The number of carbonyl (C=O) groups excluding carboxylic acids is 1. The molecule has 2 N–H and O–H groups in total. The average molecular weight is 237 g/mol. The van der Waals surface area contributed by atoms with Crippen LogP contribution in [0, 0.1) is 5.82 Å². The smallest absolute Gasteiger partial charge is 0.246 e. The molecule has 17 heavy (non-hydrogen) atoms. The molecule has 0 radical (unpaired) electrons. The predicted octanol–water partition coefficient (Wildman–Crippen LogP) is 0.431. The van der Waals surface area contributed by atoms with Crippen LogP contribution >= 0.6 is 0 Å². The summed E-state index contributed by atoms with van der Waals surface area (Å²) in [5.41, 5.74) is 6.35. The normalized spacial score (nSPS) is 20.9. The molecule has 1 fully saturated rings. The monoisotopic (exact) mass is 237 g/mol. The van der Waals surface area contributed by atoms with Gasteiger partial charge in [-0.1, -0.05) is 6.07 Å². The Morgan fingerprint density at radius 1 is 1.47 bits per heavy atom. The second-order valence-corrected chi connectivity index (χ2v) is 4.18. The molecule has 4 nitrogen and oxygen atoms in total. The number of nitrogens with zero attached hydrogens (tertiary/aromatic N) is 2. The molecule has 1 aromatic carbocycles. The zero-order valence-electron chi connectivity index (χ0n) is 9.77. The van der Waals surface area contributed by atoms with Crippen molar-refractivity contribution in [2.45, 2.75) is 6.04 Å². The standard InChI is InChI=1S/C12H16FN3O/c1-15-5-6-16(11(8-14)12(15)17)10-4-2-3-9(13)7-10/h2-4,7,11H,5-6,8,14H2,1H3. The Kier molecular flexibility index (Phi) is 3.28. The van der Waals surface area contributed by atoms with Crippen LogP contribution in [-0.2, 0) is 4.79 Å². The fraction of sp³-hybridized carbons (Fsp3) is 0.417. The van der Waals surface area contributed by atoms with E-state index in [1.807, 2.05) is 4.90 Å².